The van der Waals surface area contributed by atoms with Crippen LogP contribution in [-0.2, 0) is 17.8 Å². The molecule has 1 heterocycles. The number of carbonyl (C=O) groups is 3. The van der Waals surface area contributed by atoms with E-state index in [9.17, 15) is 14.4 Å². The Balaban J connectivity index is 1.64. The second-order valence-electron chi connectivity index (χ2n) is 6.63. The number of para-hydroxylation sites is 1. The average molecular weight is 405 g/mol. The number of amides is 3. The molecule has 0 fully saturated rings. The van der Waals surface area contributed by atoms with Crippen LogP contribution in [0.15, 0.2) is 60.8 Å². The van der Waals surface area contributed by atoms with Gasteiger partial charge in [-0.2, -0.15) is 5.10 Å². The lowest BCUT2D eigenvalue weighted by Gasteiger charge is -2.09. The van der Waals surface area contributed by atoms with Crippen molar-refractivity contribution in [2.45, 2.75) is 19.9 Å². The lowest BCUT2D eigenvalue weighted by atomic mass is 10.1. The van der Waals surface area contributed by atoms with Crippen LogP contribution in [0.3, 0.4) is 0 Å². The SMILES string of the molecule is CCc1c(C(=O)NCc2ccc(C(=O)NCC(N)=O)cc2)cnn1-c1ccccc1. The molecule has 0 saturated carbocycles. The summed E-state index contributed by atoms with van der Waals surface area (Å²) in [7, 11) is 0. The van der Waals surface area contributed by atoms with Crippen molar-refractivity contribution in [1.29, 1.82) is 0 Å². The van der Waals surface area contributed by atoms with Crippen LogP contribution in [0.5, 0.6) is 0 Å². The van der Waals surface area contributed by atoms with Crippen molar-refractivity contribution in [3.05, 3.63) is 83.2 Å². The van der Waals surface area contributed by atoms with Gasteiger partial charge in [0.2, 0.25) is 5.91 Å². The van der Waals surface area contributed by atoms with E-state index in [2.05, 4.69) is 15.7 Å². The zero-order chi connectivity index (χ0) is 21.5. The quantitative estimate of drug-likeness (QED) is 0.527. The minimum absolute atomic E-state index is 0.211. The van der Waals surface area contributed by atoms with Crippen molar-refractivity contribution in [2.75, 3.05) is 6.54 Å². The molecule has 3 amide bonds. The van der Waals surface area contributed by atoms with Gasteiger partial charge in [-0.15, -0.1) is 0 Å². The molecule has 0 spiro atoms. The third-order valence-electron chi connectivity index (χ3n) is 4.54. The first kappa shape index (κ1) is 20.8. The predicted molar refractivity (Wildman–Crippen MR) is 112 cm³/mol. The summed E-state index contributed by atoms with van der Waals surface area (Å²) in [6.45, 7) is 2.07. The third-order valence-corrected chi connectivity index (χ3v) is 4.54. The number of hydrogen-bond donors (Lipinski definition) is 3. The molecule has 0 aliphatic carbocycles. The fourth-order valence-electron chi connectivity index (χ4n) is 3.02. The highest BCUT2D eigenvalue weighted by molar-refractivity contribution is 5.96. The van der Waals surface area contributed by atoms with Crippen molar-refractivity contribution in [3.63, 3.8) is 0 Å². The fourth-order valence-corrected chi connectivity index (χ4v) is 3.02. The van der Waals surface area contributed by atoms with Gasteiger partial charge in [0.15, 0.2) is 0 Å². The fraction of sp³-hybridized carbons (Fsp3) is 0.182. The molecule has 0 aliphatic heterocycles. The molecule has 0 saturated heterocycles. The highest BCUT2D eigenvalue weighted by atomic mass is 16.2. The van der Waals surface area contributed by atoms with E-state index in [1.165, 1.54) is 0 Å². The van der Waals surface area contributed by atoms with Gasteiger partial charge in [0.1, 0.15) is 0 Å². The number of carbonyl (C=O) groups excluding carboxylic acids is 3. The minimum atomic E-state index is -0.607. The predicted octanol–water partition coefficient (Wildman–Crippen LogP) is 1.58. The van der Waals surface area contributed by atoms with E-state index in [4.69, 9.17) is 5.73 Å². The summed E-state index contributed by atoms with van der Waals surface area (Å²) in [5.41, 5.74) is 8.52. The van der Waals surface area contributed by atoms with Gasteiger partial charge in [0.25, 0.3) is 11.8 Å². The number of nitrogens with zero attached hydrogens (tertiary/aromatic N) is 2. The Labute approximate surface area is 174 Å². The summed E-state index contributed by atoms with van der Waals surface area (Å²) in [6, 6.07) is 16.4. The number of benzene rings is 2. The van der Waals surface area contributed by atoms with Gasteiger partial charge in [0, 0.05) is 12.1 Å². The number of primary amides is 1. The summed E-state index contributed by atoms with van der Waals surface area (Å²) in [5.74, 6) is -1.20. The molecule has 0 radical (unpaired) electrons. The maximum Gasteiger partial charge on any atom is 0.255 e. The van der Waals surface area contributed by atoms with E-state index in [0.29, 0.717) is 24.1 Å². The Kier molecular flexibility index (Phi) is 6.59. The Bertz CT molecular complexity index is 1040. The van der Waals surface area contributed by atoms with Gasteiger partial charge in [-0.3, -0.25) is 14.4 Å². The molecule has 2 aromatic carbocycles. The van der Waals surface area contributed by atoms with E-state index in [1.807, 2.05) is 37.3 Å². The topological polar surface area (TPSA) is 119 Å². The Morgan fingerprint density at radius 1 is 0.967 bits per heavy atom. The molecule has 0 atom stereocenters. The van der Waals surface area contributed by atoms with E-state index in [1.54, 1.807) is 35.1 Å². The maximum atomic E-state index is 12.7. The van der Waals surface area contributed by atoms with Crippen LogP contribution in [-0.4, -0.2) is 34.0 Å². The summed E-state index contributed by atoms with van der Waals surface area (Å²) in [6.07, 6.45) is 2.24. The van der Waals surface area contributed by atoms with Crippen LogP contribution in [0.1, 0.15) is 38.9 Å². The largest absolute Gasteiger partial charge is 0.368 e. The highest BCUT2D eigenvalue weighted by Crippen LogP contribution is 2.16. The van der Waals surface area contributed by atoms with Gasteiger partial charge in [-0.05, 0) is 36.2 Å². The molecule has 154 valence electrons. The molecule has 0 bridgehead atoms. The van der Waals surface area contributed by atoms with Crippen LogP contribution in [0, 0.1) is 0 Å². The van der Waals surface area contributed by atoms with Crippen molar-refractivity contribution >= 4 is 17.7 Å². The number of rotatable bonds is 8. The van der Waals surface area contributed by atoms with Gasteiger partial charge in [-0.25, -0.2) is 4.68 Å². The van der Waals surface area contributed by atoms with E-state index < -0.39 is 5.91 Å². The molecule has 3 rings (SSSR count). The lowest BCUT2D eigenvalue weighted by Crippen LogP contribution is -2.33. The third kappa shape index (κ3) is 4.91. The maximum absolute atomic E-state index is 12.7. The van der Waals surface area contributed by atoms with Crippen LogP contribution >= 0.6 is 0 Å². The van der Waals surface area contributed by atoms with E-state index in [0.717, 1.165) is 16.9 Å². The van der Waals surface area contributed by atoms with Gasteiger partial charge >= 0.3 is 0 Å². The van der Waals surface area contributed by atoms with Crippen LogP contribution in [0.25, 0.3) is 5.69 Å². The zero-order valence-electron chi connectivity index (χ0n) is 16.6. The van der Waals surface area contributed by atoms with Crippen molar-refractivity contribution in [1.82, 2.24) is 20.4 Å². The molecule has 1 aromatic heterocycles. The van der Waals surface area contributed by atoms with Crippen LogP contribution < -0.4 is 16.4 Å². The van der Waals surface area contributed by atoms with E-state index in [-0.39, 0.29) is 18.4 Å². The monoisotopic (exact) mass is 405 g/mol. The van der Waals surface area contributed by atoms with E-state index >= 15 is 0 Å². The highest BCUT2D eigenvalue weighted by Gasteiger charge is 2.17. The average Bonchev–Trinajstić information content (AvgIpc) is 3.21. The number of nitrogens with one attached hydrogen (secondary N) is 2. The zero-order valence-corrected chi connectivity index (χ0v) is 16.6. The summed E-state index contributed by atoms with van der Waals surface area (Å²) >= 11 is 0. The molecule has 8 nitrogen and oxygen atoms in total. The van der Waals surface area contributed by atoms with Crippen molar-refractivity contribution < 1.29 is 14.4 Å². The molecule has 4 N–H and O–H groups in total. The van der Waals surface area contributed by atoms with Gasteiger partial charge in [0.05, 0.1) is 29.7 Å². The molecule has 3 aromatic rings. The minimum Gasteiger partial charge on any atom is -0.368 e. The number of aromatic nitrogens is 2. The smallest absolute Gasteiger partial charge is 0.255 e. The van der Waals surface area contributed by atoms with Crippen LogP contribution in [0.2, 0.25) is 0 Å². The second kappa shape index (κ2) is 9.51. The summed E-state index contributed by atoms with van der Waals surface area (Å²) in [5, 5.41) is 9.69. The molecule has 0 aliphatic rings. The molecule has 0 unspecified atom stereocenters. The first-order valence-electron chi connectivity index (χ1n) is 9.55. The van der Waals surface area contributed by atoms with Gasteiger partial charge in [-0.1, -0.05) is 37.3 Å². The Morgan fingerprint density at radius 3 is 2.30 bits per heavy atom. The van der Waals surface area contributed by atoms with Crippen molar-refractivity contribution in [2.24, 2.45) is 5.73 Å². The first-order chi connectivity index (χ1) is 14.5. The Morgan fingerprint density at radius 2 is 1.67 bits per heavy atom. The molecular weight excluding hydrogens is 382 g/mol. The van der Waals surface area contributed by atoms with Crippen LogP contribution in [0.4, 0.5) is 0 Å². The van der Waals surface area contributed by atoms with Crippen molar-refractivity contribution in [3.8, 4) is 5.69 Å². The lowest BCUT2D eigenvalue weighted by molar-refractivity contribution is -0.117. The molecular formula is C22H23N5O3. The summed E-state index contributed by atoms with van der Waals surface area (Å²) in [4.78, 5) is 35.3. The second-order valence-corrected chi connectivity index (χ2v) is 6.63. The first-order valence-corrected chi connectivity index (χ1v) is 9.55. The van der Waals surface area contributed by atoms with Gasteiger partial charge < -0.3 is 16.4 Å². The summed E-state index contributed by atoms with van der Waals surface area (Å²) < 4.78 is 1.77. The molecule has 8 heteroatoms. The number of hydrogen-bond acceptors (Lipinski definition) is 4. The number of nitrogens with two attached hydrogens (primary N) is 1. The molecule has 30 heavy (non-hydrogen) atoms. The standard InChI is InChI=1S/C22H23N5O3/c1-2-19-18(13-26-27(19)17-6-4-3-5-7-17)22(30)24-12-15-8-10-16(11-9-15)21(29)25-14-20(23)28/h3-11,13H,2,12,14H2,1H3,(H2,23,28)(H,24,30)(H,25,29). The normalized spacial score (nSPS) is 10.4. The Hall–Kier alpha value is -3.94.